The first-order valence-corrected chi connectivity index (χ1v) is 6.83. The summed E-state index contributed by atoms with van der Waals surface area (Å²) in [5.41, 5.74) is 1.01. The molecule has 0 aromatic heterocycles. The molecule has 5 heteroatoms. The van der Waals surface area contributed by atoms with Crippen molar-refractivity contribution in [1.29, 1.82) is 5.26 Å². The number of nitriles is 1. The molecule has 0 spiro atoms. The van der Waals surface area contributed by atoms with E-state index in [0.717, 1.165) is 11.3 Å². The standard InChI is InChI=1S/C15H22N2O3/c1-3-18-15(19-4-2)12-17-11-13-7-5-6-8-14(13)20-10-9-16/h5-8,15,17H,3-4,10-12H2,1-2H3. The minimum absolute atomic E-state index is 0.0531. The van der Waals surface area contributed by atoms with Crippen LogP contribution in [0.1, 0.15) is 19.4 Å². The quantitative estimate of drug-likeness (QED) is 0.664. The van der Waals surface area contributed by atoms with Crippen molar-refractivity contribution >= 4 is 0 Å². The Balaban J connectivity index is 2.46. The molecule has 1 N–H and O–H groups in total. The van der Waals surface area contributed by atoms with Crippen LogP contribution in [-0.2, 0) is 16.0 Å². The zero-order valence-corrected chi connectivity index (χ0v) is 12.1. The van der Waals surface area contributed by atoms with E-state index in [4.69, 9.17) is 19.5 Å². The summed E-state index contributed by atoms with van der Waals surface area (Å²) in [4.78, 5) is 0. The Morgan fingerprint density at radius 1 is 1.20 bits per heavy atom. The molecule has 0 saturated carbocycles. The van der Waals surface area contributed by atoms with Crippen molar-refractivity contribution in [2.75, 3.05) is 26.4 Å². The molecule has 0 bridgehead atoms. The maximum atomic E-state index is 8.56. The molecule has 0 saturated heterocycles. The van der Waals surface area contributed by atoms with E-state index in [0.29, 0.717) is 26.3 Å². The Hall–Kier alpha value is -1.61. The molecule has 0 heterocycles. The molecular formula is C15H22N2O3. The van der Waals surface area contributed by atoms with Crippen LogP contribution in [0.5, 0.6) is 5.75 Å². The molecular weight excluding hydrogens is 256 g/mol. The lowest BCUT2D eigenvalue weighted by Gasteiger charge is -2.18. The average molecular weight is 278 g/mol. The molecule has 1 rings (SSSR count). The fourth-order valence-electron chi connectivity index (χ4n) is 1.76. The normalized spacial score (nSPS) is 10.5. The van der Waals surface area contributed by atoms with Crippen molar-refractivity contribution in [2.24, 2.45) is 0 Å². The van der Waals surface area contributed by atoms with Gasteiger partial charge in [-0.2, -0.15) is 5.26 Å². The lowest BCUT2D eigenvalue weighted by molar-refractivity contribution is -0.133. The van der Waals surface area contributed by atoms with Crippen molar-refractivity contribution in [1.82, 2.24) is 5.32 Å². The third-order valence-electron chi connectivity index (χ3n) is 2.60. The van der Waals surface area contributed by atoms with E-state index < -0.39 is 0 Å². The molecule has 0 atom stereocenters. The van der Waals surface area contributed by atoms with E-state index in [9.17, 15) is 0 Å². The number of ether oxygens (including phenoxy) is 3. The number of hydrogen-bond acceptors (Lipinski definition) is 5. The highest BCUT2D eigenvalue weighted by Gasteiger charge is 2.08. The van der Waals surface area contributed by atoms with Crippen LogP contribution < -0.4 is 10.1 Å². The van der Waals surface area contributed by atoms with Gasteiger partial charge in [-0.05, 0) is 19.9 Å². The molecule has 1 aromatic rings. The van der Waals surface area contributed by atoms with Crippen LogP contribution in [0, 0.1) is 11.3 Å². The summed E-state index contributed by atoms with van der Waals surface area (Å²) in [6, 6.07) is 9.63. The van der Waals surface area contributed by atoms with Gasteiger partial charge in [-0.1, -0.05) is 18.2 Å². The highest BCUT2D eigenvalue weighted by atomic mass is 16.7. The largest absolute Gasteiger partial charge is 0.478 e. The van der Waals surface area contributed by atoms with Gasteiger partial charge >= 0.3 is 0 Å². The molecule has 0 aliphatic heterocycles. The van der Waals surface area contributed by atoms with Crippen LogP contribution >= 0.6 is 0 Å². The molecule has 110 valence electrons. The van der Waals surface area contributed by atoms with Gasteiger partial charge in [0.05, 0.1) is 0 Å². The summed E-state index contributed by atoms with van der Waals surface area (Å²) in [5.74, 6) is 0.728. The zero-order valence-electron chi connectivity index (χ0n) is 12.1. The Morgan fingerprint density at radius 3 is 2.55 bits per heavy atom. The van der Waals surface area contributed by atoms with Gasteiger partial charge < -0.3 is 19.5 Å². The van der Waals surface area contributed by atoms with Crippen LogP contribution in [0.25, 0.3) is 0 Å². The molecule has 0 radical (unpaired) electrons. The molecule has 20 heavy (non-hydrogen) atoms. The molecule has 0 amide bonds. The van der Waals surface area contributed by atoms with Gasteiger partial charge in [-0.3, -0.25) is 0 Å². The molecule has 0 fully saturated rings. The Kier molecular flexibility index (Phi) is 8.40. The third-order valence-corrected chi connectivity index (χ3v) is 2.60. The van der Waals surface area contributed by atoms with Gasteiger partial charge in [0.2, 0.25) is 0 Å². The van der Waals surface area contributed by atoms with Crippen molar-refractivity contribution < 1.29 is 14.2 Å². The molecule has 0 aliphatic rings. The second-order valence-corrected chi connectivity index (χ2v) is 4.03. The maximum Gasteiger partial charge on any atom is 0.174 e. The van der Waals surface area contributed by atoms with Crippen molar-refractivity contribution in [2.45, 2.75) is 26.7 Å². The predicted octanol–water partition coefficient (Wildman–Crippen LogP) is 2.08. The SMILES string of the molecule is CCOC(CNCc1ccccc1OCC#N)OCC. The predicted molar refractivity (Wildman–Crippen MR) is 76.3 cm³/mol. The lowest BCUT2D eigenvalue weighted by atomic mass is 10.2. The van der Waals surface area contributed by atoms with Crippen LogP contribution in [0.15, 0.2) is 24.3 Å². The summed E-state index contributed by atoms with van der Waals surface area (Å²) < 4.78 is 16.3. The van der Waals surface area contributed by atoms with Crippen LogP contribution in [0.2, 0.25) is 0 Å². The number of para-hydroxylation sites is 1. The van der Waals surface area contributed by atoms with E-state index in [1.54, 1.807) is 0 Å². The third kappa shape index (κ3) is 6.02. The Morgan fingerprint density at radius 2 is 1.90 bits per heavy atom. The first-order chi connectivity index (χ1) is 9.81. The highest BCUT2D eigenvalue weighted by Crippen LogP contribution is 2.17. The van der Waals surface area contributed by atoms with Crippen LogP contribution in [-0.4, -0.2) is 32.7 Å². The fraction of sp³-hybridized carbons (Fsp3) is 0.533. The first kappa shape index (κ1) is 16.4. The Labute approximate surface area is 120 Å². The van der Waals surface area contributed by atoms with Crippen LogP contribution in [0.4, 0.5) is 0 Å². The summed E-state index contributed by atoms with van der Waals surface area (Å²) in [7, 11) is 0. The summed E-state index contributed by atoms with van der Waals surface area (Å²) in [6.07, 6.45) is -0.239. The fourth-order valence-corrected chi connectivity index (χ4v) is 1.76. The van der Waals surface area contributed by atoms with Crippen molar-refractivity contribution in [3.05, 3.63) is 29.8 Å². The smallest absolute Gasteiger partial charge is 0.174 e. The lowest BCUT2D eigenvalue weighted by Crippen LogP contribution is -2.31. The number of benzene rings is 1. The maximum absolute atomic E-state index is 8.56. The van der Waals surface area contributed by atoms with Gasteiger partial charge in [-0.15, -0.1) is 0 Å². The second-order valence-electron chi connectivity index (χ2n) is 4.03. The number of nitrogens with one attached hydrogen (secondary N) is 1. The van der Waals surface area contributed by atoms with Gasteiger partial charge in [0.25, 0.3) is 0 Å². The van der Waals surface area contributed by atoms with Crippen LogP contribution in [0.3, 0.4) is 0 Å². The highest BCUT2D eigenvalue weighted by molar-refractivity contribution is 5.33. The van der Waals surface area contributed by atoms with E-state index >= 15 is 0 Å². The summed E-state index contributed by atoms with van der Waals surface area (Å²) in [6.45, 7) is 6.42. The Bertz CT molecular complexity index is 412. The minimum Gasteiger partial charge on any atom is -0.478 e. The minimum atomic E-state index is -0.239. The molecule has 0 aliphatic carbocycles. The first-order valence-electron chi connectivity index (χ1n) is 6.83. The second kappa shape index (κ2) is 10.2. The average Bonchev–Trinajstić information content (AvgIpc) is 2.46. The van der Waals surface area contributed by atoms with E-state index in [1.807, 2.05) is 44.2 Å². The van der Waals surface area contributed by atoms with Crippen molar-refractivity contribution in [3.63, 3.8) is 0 Å². The topological polar surface area (TPSA) is 63.5 Å². The van der Waals surface area contributed by atoms with E-state index in [2.05, 4.69) is 5.32 Å². The van der Waals surface area contributed by atoms with Gasteiger partial charge in [-0.25, -0.2) is 0 Å². The van der Waals surface area contributed by atoms with E-state index in [1.165, 1.54) is 0 Å². The zero-order chi connectivity index (χ0) is 14.6. The van der Waals surface area contributed by atoms with Gasteiger partial charge in [0.1, 0.15) is 11.8 Å². The molecule has 5 nitrogen and oxygen atoms in total. The number of hydrogen-bond donors (Lipinski definition) is 1. The summed E-state index contributed by atoms with van der Waals surface area (Å²) >= 11 is 0. The van der Waals surface area contributed by atoms with Gasteiger partial charge in [0.15, 0.2) is 12.9 Å². The monoisotopic (exact) mass is 278 g/mol. The number of nitrogens with zero attached hydrogens (tertiary/aromatic N) is 1. The van der Waals surface area contributed by atoms with Gasteiger partial charge in [0, 0.05) is 31.9 Å². The van der Waals surface area contributed by atoms with Crippen molar-refractivity contribution in [3.8, 4) is 11.8 Å². The summed E-state index contributed by atoms with van der Waals surface area (Å²) in [5, 5.41) is 11.8. The van der Waals surface area contributed by atoms with E-state index in [-0.39, 0.29) is 12.9 Å². The molecule has 0 unspecified atom stereocenters. The number of rotatable bonds is 10. The molecule has 1 aromatic carbocycles.